The van der Waals surface area contributed by atoms with E-state index in [0.717, 1.165) is 12.1 Å². The number of hydrogen-bond donors (Lipinski definition) is 2. The fraction of sp³-hybridized carbons (Fsp3) is 0.214. The van der Waals surface area contributed by atoms with E-state index in [1.54, 1.807) is 24.3 Å². The fourth-order valence-electron chi connectivity index (χ4n) is 4.02. The number of aromatic nitrogens is 1. The molecule has 8 heteroatoms. The van der Waals surface area contributed by atoms with Gasteiger partial charge in [0.05, 0.1) is 19.7 Å². The van der Waals surface area contributed by atoms with Crippen LogP contribution in [-0.4, -0.2) is 24.7 Å². The van der Waals surface area contributed by atoms with Crippen LogP contribution >= 0.6 is 0 Å². The molecule has 3 aromatic carbocycles. The second-order valence-electron chi connectivity index (χ2n) is 8.29. The molecular weight excluding hydrogens is 461 g/mol. The number of benzene rings is 3. The number of fused-ring (bicyclic) bond motifs is 1. The van der Waals surface area contributed by atoms with Crippen molar-refractivity contribution in [3.05, 3.63) is 94.0 Å². The van der Waals surface area contributed by atoms with Gasteiger partial charge in [-0.05, 0) is 54.4 Å². The third-order valence-electron chi connectivity index (χ3n) is 5.93. The molecule has 36 heavy (non-hydrogen) atoms. The first-order valence-corrected chi connectivity index (χ1v) is 11.6. The van der Waals surface area contributed by atoms with Gasteiger partial charge in [-0.1, -0.05) is 25.1 Å². The van der Waals surface area contributed by atoms with Gasteiger partial charge in [0, 0.05) is 34.9 Å². The van der Waals surface area contributed by atoms with E-state index in [1.807, 2.05) is 24.3 Å². The monoisotopic (exact) mass is 489 g/mol. The van der Waals surface area contributed by atoms with Crippen LogP contribution in [-0.2, 0) is 24.3 Å². The number of rotatable bonds is 9. The summed E-state index contributed by atoms with van der Waals surface area (Å²) in [7, 11) is 3.04. The first-order valence-electron chi connectivity index (χ1n) is 11.6. The van der Waals surface area contributed by atoms with Gasteiger partial charge in [-0.2, -0.15) is 0 Å². The van der Waals surface area contributed by atoms with E-state index in [2.05, 4.69) is 17.6 Å². The van der Waals surface area contributed by atoms with E-state index >= 15 is 0 Å². The Morgan fingerprint density at radius 1 is 0.944 bits per heavy atom. The number of amides is 1. The van der Waals surface area contributed by atoms with Crippen molar-refractivity contribution in [2.75, 3.05) is 24.9 Å². The van der Waals surface area contributed by atoms with Gasteiger partial charge in [-0.15, -0.1) is 0 Å². The van der Waals surface area contributed by atoms with Crippen LogP contribution in [0, 0.1) is 5.82 Å². The second kappa shape index (κ2) is 10.9. The van der Waals surface area contributed by atoms with Crippen molar-refractivity contribution in [2.24, 2.45) is 0 Å². The van der Waals surface area contributed by atoms with Gasteiger partial charge in [0.2, 0.25) is 5.91 Å². The Morgan fingerprint density at radius 2 is 1.67 bits per heavy atom. The minimum atomic E-state index is -0.465. The lowest BCUT2D eigenvalue weighted by molar-refractivity contribution is -0.116. The summed E-state index contributed by atoms with van der Waals surface area (Å²) in [6, 6.07) is 18.8. The van der Waals surface area contributed by atoms with Crippen molar-refractivity contribution < 1.29 is 18.7 Å². The minimum Gasteiger partial charge on any atom is -0.493 e. The molecule has 1 aromatic heterocycles. The van der Waals surface area contributed by atoms with Crippen molar-refractivity contribution >= 4 is 28.2 Å². The van der Waals surface area contributed by atoms with E-state index in [1.165, 1.54) is 42.5 Å². The van der Waals surface area contributed by atoms with Crippen LogP contribution in [0.15, 0.2) is 71.5 Å². The molecule has 0 aliphatic heterocycles. The molecule has 2 N–H and O–H groups in total. The third kappa shape index (κ3) is 5.49. The lowest BCUT2D eigenvalue weighted by Gasteiger charge is -2.16. The zero-order valence-corrected chi connectivity index (χ0v) is 20.4. The average Bonchev–Trinajstić information content (AvgIpc) is 2.88. The summed E-state index contributed by atoms with van der Waals surface area (Å²) >= 11 is 0. The highest BCUT2D eigenvalue weighted by Crippen LogP contribution is 2.32. The zero-order chi connectivity index (χ0) is 25.7. The molecule has 0 fully saturated rings. The van der Waals surface area contributed by atoms with E-state index in [4.69, 9.17) is 9.47 Å². The average molecular weight is 490 g/mol. The maximum atomic E-state index is 13.6. The maximum Gasteiger partial charge on any atom is 0.256 e. The number of nitrogens with one attached hydrogen (secondary N) is 2. The summed E-state index contributed by atoms with van der Waals surface area (Å²) < 4.78 is 25.8. The molecule has 7 nitrogen and oxygen atoms in total. The van der Waals surface area contributed by atoms with Crippen LogP contribution in [0.25, 0.3) is 10.9 Å². The van der Waals surface area contributed by atoms with E-state index in [0.29, 0.717) is 33.7 Å². The van der Waals surface area contributed by atoms with Gasteiger partial charge < -0.3 is 20.1 Å². The summed E-state index contributed by atoms with van der Waals surface area (Å²) in [6.45, 7) is 2.09. The van der Waals surface area contributed by atoms with Gasteiger partial charge in [0.25, 0.3) is 5.56 Å². The van der Waals surface area contributed by atoms with Gasteiger partial charge in [0.15, 0.2) is 11.5 Å². The van der Waals surface area contributed by atoms with Crippen molar-refractivity contribution in [2.45, 2.75) is 26.4 Å². The molecule has 186 valence electrons. The smallest absolute Gasteiger partial charge is 0.256 e. The fourth-order valence-corrected chi connectivity index (χ4v) is 4.02. The molecule has 1 amide bonds. The molecule has 0 bridgehead atoms. The molecule has 4 rings (SSSR count). The van der Waals surface area contributed by atoms with E-state index in [9.17, 15) is 14.0 Å². The molecule has 0 aliphatic carbocycles. The Kier molecular flexibility index (Phi) is 7.53. The maximum absolute atomic E-state index is 13.6. The summed E-state index contributed by atoms with van der Waals surface area (Å²) in [4.78, 5) is 26.4. The predicted molar refractivity (Wildman–Crippen MR) is 139 cm³/mol. The lowest BCUT2D eigenvalue weighted by Crippen LogP contribution is -2.30. The van der Waals surface area contributed by atoms with Crippen LogP contribution in [0.1, 0.15) is 18.1 Å². The molecule has 1 heterocycles. The largest absolute Gasteiger partial charge is 0.493 e. The Bertz CT molecular complexity index is 1450. The highest BCUT2D eigenvalue weighted by atomic mass is 19.1. The number of carbonyl (C=O) groups is 1. The summed E-state index contributed by atoms with van der Waals surface area (Å²) in [5.74, 6) is 0.0189. The first kappa shape index (κ1) is 24.8. The summed E-state index contributed by atoms with van der Waals surface area (Å²) in [5, 5.41) is 6.65. The van der Waals surface area contributed by atoms with E-state index in [-0.39, 0.29) is 18.6 Å². The molecule has 0 radical (unpaired) electrons. The number of anilines is 2. The van der Waals surface area contributed by atoms with Crippen LogP contribution in [0.4, 0.5) is 15.8 Å². The Morgan fingerprint density at radius 3 is 2.33 bits per heavy atom. The van der Waals surface area contributed by atoms with Crippen LogP contribution in [0.2, 0.25) is 0 Å². The van der Waals surface area contributed by atoms with Crippen LogP contribution < -0.4 is 25.7 Å². The van der Waals surface area contributed by atoms with Crippen LogP contribution in [0.3, 0.4) is 0 Å². The van der Waals surface area contributed by atoms with Gasteiger partial charge in [-0.3, -0.25) is 14.2 Å². The lowest BCUT2D eigenvalue weighted by atomic mass is 10.1. The number of aryl methyl sites for hydroxylation is 1. The van der Waals surface area contributed by atoms with Gasteiger partial charge >= 0.3 is 0 Å². The molecule has 0 saturated carbocycles. The Balaban J connectivity index is 1.71. The van der Waals surface area contributed by atoms with Crippen molar-refractivity contribution in [3.8, 4) is 11.5 Å². The molecule has 0 saturated heterocycles. The zero-order valence-electron chi connectivity index (χ0n) is 20.4. The standard InChI is InChI=1S/C28H28FN3O4/c1-4-18-8-10-22(11-9-18)30-16-20-12-19-13-25(35-2)26(36-3)15-24(19)32(28(20)34)17-27(33)31-23-7-5-6-21(29)14-23/h5-15,30H,4,16-17H2,1-3H3,(H,31,33). The third-order valence-corrected chi connectivity index (χ3v) is 5.93. The summed E-state index contributed by atoms with van der Waals surface area (Å²) in [5.41, 5.74) is 3.09. The molecule has 0 aliphatic rings. The topological polar surface area (TPSA) is 81.6 Å². The minimum absolute atomic E-state index is 0.264. The van der Waals surface area contributed by atoms with Crippen molar-refractivity contribution in [3.63, 3.8) is 0 Å². The first-order chi connectivity index (χ1) is 17.4. The van der Waals surface area contributed by atoms with Crippen LogP contribution in [0.5, 0.6) is 11.5 Å². The number of pyridine rings is 1. The highest BCUT2D eigenvalue weighted by molar-refractivity contribution is 5.92. The molecule has 0 spiro atoms. The second-order valence-corrected chi connectivity index (χ2v) is 8.29. The number of ether oxygens (including phenoxy) is 2. The van der Waals surface area contributed by atoms with Crippen molar-refractivity contribution in [1.82, 2.24) is 4.57 Å². The Hall–Kier alpha value is -4.33. The SMILES string of the molecule is CCc1ccc(NCc2cc3cc(OC)c(OC)cc3n(CC(=O)Nc3cccc(F)c3)c2=O)cc1. The highest BCUT2D eigenvalue weighted by Gasteiger charge is 2.16. The molecule has 4 aromatic rings. The quantitative estimate of drug-likeness (QED) is 0.347. The Labute approximate surface area is 208 Å². The summed E-state index contributed by atoms with van der Waals surface area (Å²) in [6.07, 6.45) is 0.943. The molecular formula is C28H28FN3O4. The predicted octanol–water partition coefficient (Wildman–Crippen LogP) is 4.97. The van der Waals surface area contributed by atoms with Gasteiger partial charge in [0.1, 0.15) is 12.4 Å². The number of halogens is 1. The van der Waals surface area contributed by atoms with E-state index < -0.39 is 11.7 Å². The van der Waals surface area contributed by atoms with Crippen molar-refractivity contribution in [1.29, 1.82) is 0 Å². The number of hydrogen-bond acceptors (Lipinski definition) is 5. The number of nitrogens with zero attached hydrogens (tertiary/aromatic N) is 1. The van der Waals surface area contributed by atoms with Gasteiger partial charge in [-0.25, -0.2) is 4.39 Å². The molecule has 0 atom stereocenters. The normalized spacial score (nSPS) is 10.8. The number of methoxy groups -OCH3 is 2. The number of carbonyl (C=O) groups excluding carboxylic acids is 1. The molecule has 0 unspecified atom stereocenters.